The Hall–Kier alpha value is -5.33. The molecule has 3 aromatic heterocycles. The van der Waals surface area contributed by atoms with Crippen LogP contribution in [0, 0.1) is 15.5 Å². The molecule has 0 saturated carbocycles. The van der Waals surface area contributed by atoms with Crippen molar-refractivity contribution in [2.24, 2.45) is 5.41 Å². The highest BCUT2D eigenvalue weighted by atomic mass is 32.2. The van der Waals surface area contributed by atoms with Gasteiger partial charge in [-0.3, -0.25) is 19.8 Å². The van der Waals surface area contributed by atoms with Gasteiger partial charge < -0.3 is 29.4 Å². The summed E-state index contributed by atoms with van der Waals surface area (Å²) >= 11 is 1.87. The molecule has 17 heteroatoms. The molecule has 2 aliphatic heterocycles. The Balaban J connectivity index is 1.00. The highest BCUT2D eigenvalue weighted by molar-refractivity contribution is 7.90. The maximum Gasteiger partial charge on any atom is 0.293 e. The van der Waals surface area contributed by atoms with E-state index in [1.54, 1.807) is 30.5 Å². The molecular formula is C45H53N7O8S2. The number of carbonyl (C=O) groups excluding carboxylic acids is 1. The van der Waals surface area contributed by atoms with E-state index in [-0.39, 0.29) is 35.1 Å². The molecule has 5 aromatic rings. The SMILES string of the molecule is CC(C)c1csc(C2=C(CN3CCN(c4ccc(C(=O)NS(=O)(=O)c5ccc(NC[C@H]6COCCO6)c([N+](=O)[O-])c5)c(Oc5cnc6[nH]ccc6c5)c4)CC3)CCC(C)(C)C2)c1. The van der Waals surface area contributed by atoms with Crippen LogP contribution in [0.1, 0.15) is 73.7 Å². The number of hydrogen-bond donors (Lipinski definition) is 3. The number of nitro benzene ring substituents is 1. The lowest BCUT2D eigenvalue weighted by molar-refractivity contribution is -0.384. The van der Waals surface area contributed by atoms with Crippen molar-refractivity contribution in [2.45, 2.75) is 63.9 Å². The molecule has 2 saturated heterocycles. The minimum absolute atomic E-state index is 0.0403. The number of nitrogens with zero attached hydrogens (tertiary/aromatic N) is 4. The minimum Gasteiger partial charge on any atom is -0.455 e. The van der Waals surface area contributed by atoms with Crippen molar-refractivity contribution < 1.29 is 32.3 Å². The van der Waals surface area contributed by atoms with Gasteiger partial charge in [-0.25, -0.2) is 18.1 Å². The Bertz CT molecular complexity index is 2590. The van der Waals surface area contributed by atoms with Gasteiger partial charge in [0.2, 0.25) is 0 Å². The second-order valence-corrected chi connectivity index (χ2v) is 19.9. The first-order chi connectivity index (χ1) is 29.7. The molecule has 3 N–H and O–H groups in total. The van der Waals surface area contributed by atoms with Crippen molar-refractivity contribution in [3.8, 4) is 11.5 Å². The van der Waals surface area contributed by atoms with E-state index in [9.17, 15) is 23.3 Å². The second kappa shape index (κ2) is 18.2. The van der Waals surface area contributed by atoms with Gasteiger partial charge in [-0.05, 0) is 89.6 Å². The second-order valence-electron chi connectivity index (χ2n) is 17.3. The zero-order valence-corrected chi connectivity index (χ0v) is 37.1. The zero-order chi connectivity index (χ0) is 43.6. The number of ether oxygens (including phenoxy) is 3. The molecule has 3 aliphatic rings. The monoisotopic (exact) mass is 883 g/mol. The number of allylic oxidation sites excluding steroid dienone is 1. The van der Waals surface area contributed by atoms with Gasteiger partial charge in [0, 0.05) is 73.5 Å². The summed E-state index contributed by atoms with van der Waals surface area (Å²) in [4.78, 5) is 38.5. The van der Waals surface area contributed by atoms with E-state index in [2.05, 4.69) is 68.9 Å². The molecule has 0 bridgehead atoms. The number of sulfonamides is 1. The van der Waals surface area contributed by atoms with Gasteiger partial charge in [0.25, 0.3) is 21.6 Å². The molecule has 62 heavy (non-hydrogen) atoms. The molecule has 0 unspecified atom stereocenters. The lowest BCUT2D eigenvalue weighted by Crippen LogP contribution is -2.47. The number of nitro groups is 1. The molecule has 5 heterocycles. The molecule has 1 aliphatic carbocycles. The fraction of sp³-hybridized carbons (Fsp3) is 0.422. The van der Waals surface area contributed by atoms with E-state index in [4.69, 9.17) is 14.2 Å². The van der Waals surface area contributed by atoms with Crippen LogP contribution in [0.3, 0.4) is 0 Å². The number of amides is 1. The first kappa shape index (κ1) is 43.3. The lowest BCUT2D eigenvalue weighted by Gasteiger charge is -2.39. The van der Waals surface area contributed by atoms with Crippen LogP contribution >= 0.6 is 11.3 Å². The summed E-state index contributed by atoms with van der Waals surface area (Å²) in [6.07, 6.45) is 6.30. The number of anilines is 2. The largest absolute Gasteiger partial charge is 0.455 e. The minimum atomic E-state index is -4.57. The molecule has 0 radical (unpaired) electrons. The summed E-state index contributed by atoms with van der Waals surface area (Å²) < 4.78 is 46.7. The Morgan fingerprint density at radius 1 is 1.10 bits per heavy atom. The van der Waals surface area contributed by atoms with Crippen LogP contribution in [0.4, 0.5) is 17.1 Å². The average molecular weight is 884 g/mol. The number of carbonyl (C=O) groups is 1. The van der Waals surface area contributed by atoms with Crippen LogP contribution in [0.2, 0.25) is 0 Å². The first-order valence-electron chi connectivity index (χ1n) is 21.0. The summed E-state index contributed by atoms with van der Waals surface area (Å²) in [5.41, 5.74) is 5.77. The Morgan fingerprint density at radius 3 is 2.66 bits per heavy atom. The van der Waals surface area contributed by atoms with E-state index in [0.717, 1.165) is 62.7 Å². The first-order valence-corrected chi connectivity index (χ1v) is 23.4. The summed E-state index contributed by atoms with van der Waals surface area (Å²) in [5, 5.41) is 18.1. The third-order valence-electron chi connectivity index (χ3n) is 11.8. The summed E-state index contributed by atoms with van der Waals surface area (Å²) in [7, 11) is -4.57. The van der Waals surface area contributed by atoms with E-state index >= 15 is 0 Å². The number of benzene rings is 2. The van der Waals surface area contributed by atoms with E-state index in [0.29, 0.717) is 37.1 Å². The lowest BCUT2D eigenvalue weighted by atomic mass is 9.73. The summed E-state index contributed by atoms with van der Waals surface area (Å²) in [6.45, 7) is 14.8. The topological polar surface area (TPSA) is 181 Å². The van der Waals surface area contributed by atoms with Crippen LogP contribution in [0.5, 0.6) is 11.5 Å². The number of thiophene rings is 1. The fourth-order valence-corrected chi connectivity index (χ4v) is 10.3. The van der Waals surface area contributed by atoms with Crippen molar-refractivity contribution in [1.29, 1.82) is 0 Å². The van der Waals surface area contributed by atoms with Gasteiger partial charge in [0.05, 0.1) is 47.5 Å². The highest BCUT2D eigenvalue weighted by Crippen LogP contribution is 2.45. The van der Waals surface area contributed by atoms with Crippen LogP contribution in [0.15, 0.2) is 82.8 Å². The van der Waals surface area contributed by atoms with E-state index in [1.165, 1.54) is 46.3 Å². The maximum absolute atomic E-state index is 13.9. The number of hydrogen-bond acceptors (Lipinski definition) is 13. The van der Waals surface area contributed by atoms with Gasteiger partial charge in [0.15, 0.2) is 0 Å². The standard InChI is InChI=1S/C45H53N7O8S2/c1-29(2)32-20-42(61-28-32)38-23-45(3,4)11-9-31(38)26-50-13-15-51(16-14-50)33-5-7-37(41(21-33)60-34-19-30-10-12-46-43(30)48-24-34)44(53)49-62(56,57)36-6-8-39(40(22-36)52(54)55)47-25-35-27-58-17-18-59-35/h5-8,10,12,19-22,24,28-29,35,47H,9,11,13-18,23,25-27H2,1-4H3,(H,46,48)(H,49,53)/t35-/m0/s1. The summed E-state index contributed by atoms with van der Waals surface area (Å²) in [6, 6.07) is 14.5. The molecule has 15 nitrogen and oxygen atoms in total. The van der Waals surface area contributed by atoms with Crippen molar-refractivity contribution >= 4 is 60.9 Å². The fourth-order valence-electron chi connectivity index (χ4n) is 8.19. The molecule has 2 aromatic carbocycles. The van der Waals surface area contributed by atoms with Crippen molar-refractivity contribution in [1.82, 2.24) is 19.6 Å². The van der Waals surface area contributed by atoms with Crippen molar-refractivity contribution in [3.63, 3.8) is 0 Å². The Morgan fingerprint density at radius 2 is 1.92 bits per heavy atom. The Kier molecular flexibility index (Phi) is 12.7. The smallest absolute Gasteiger partial charge is 0.293 e. The third kappa shape index (κ3) is 9.97. The molecule has 8 rings (SSSR count). The third-order valence-corrected chi connectivity index (χ3v) is 14.2. The number of pyridine rings is 1. The number of rotatable bonds is 14. The molecular weight excluding hydrogens is 831 g/mol. The highest BCUT2D eigenvalue weighted by Gasteiger charge is 2.31. The van der Waals surface area contributed by atoms with E-state index in [1.807, 2.05) is 17.4 Å². The van der Waals surface area contributed by atoms with Crippen LogP contribution in [-0.2, 0) is 19.5 Å². The van der Waals surface area contributed by atoms with Gasteiger partial charge in [-0.2, -0.15) is 0 Å². The van der Waals surface area contributed by atoms with Crippen LogP contribution in [-0.4, -0.2) is 99.3 Å². The number of piperazine rings is 1. The Labute approximate surface area is 365 Å². The quantitative estimate of drug-likeness (QED) is 0.0720. The summed E-state index contributed by atoms with van der Waals surface area (Å²) in [5.74, 6) is 0.0186. The number of fused-ring (bicyclic) bond motifs is 1. The van der Waals surface area contributed by atoms with E-state index < -0.39 is 31.4 Å². The number of nitrogens with one attached hydrogen (secondary N) is 3. The molecule has 1 amide bonds. The van der Waals surface area contributed by atoms with Gasteiger partial charge in [-0.15, -0.1) is 11.3 Å². The molecule has 328 valence electrons. The predicted octanol–water partition coefficient (Wildman–Crippen LogP) is 8.18. The molecule has 0 spiro atoms. The van der Waals surface area contributed by atoms with Gasteiger partial charge >= 0.3 is 0 Å². The van der Waals surface area contributed by atoms with Crippen LogP contribution in [0.25, 0.3) is 16.6 Å². The van der Waals surface area contributed by atoms with Crippen molar-refractivity contribution in [3.05, 3.63) is 104 Å². The predicted molar refractivity (Wildman–Crippen MR) is 241 cm³/mol. The molecule has 2 fully saturated rings. The maximum atomic E-state index is 13.9. The number of aromatic amines is 1. The number of aromatic nitrogens is 2. The normalized spacial score (nSPS) is 18.6. The van der Waals surface area contributed by atoms with Crippen molar-refractivity contribution in [2.75, 3.05) is 69.3 Å². The van der Waals surface area contributed by atoms with Gasteiger partial charge in [-0.1, -0.05) is 33.3 Å². The zero-order valence-electron chi connectivity index (χ0n) is 35.4. The average Bonchev–Trinajstić information content (AvgIpc) is 3.95. The number of H-pyrrole nitrogens is 1. The molecule has 1 atom stereocenters. The van der Waals surface area contributed by atoms with Gasteiger partial charge in [0.1, 0.15) is 22.8 Å². The van der Waals surface area contributed by atoms with Crippen LogP contribution < -0.4 is 19.7 Å².